The van der Waals surface area contributed by atoms with Gasteiger partial charge in [-0.25, -0.2) is 9.67 Å². The number of benzene rings is 1. The van der Waals surface area contributed by atoms with Crippen molar-refractivity contribution in [3.8, 4) is 5.69 Å². The Balaban J connectivity index is 2.40. The molecule has 0 spiro atoms. The lowest BCUT2D eigenvalue weighted by Gasteiger charge is -2.12. The van der Waals surface area contributed by atoms with Crippen LogP contribution in [0.15, 0.2) is 16.6 Å². The highest BCUT2D eigenvalue weighted by atomic mass is 79.9. The average molecular weight is 369 g/mol. The van der Waals surface area contributed by atoms with Gasteiger partial charge in [0.15, 0.2) is 5.65 Å². The fraction of sp³-hybridized carbons (Fsp3) is 0.286. The summed E-state index contributed by atoms with van der Waals surface area (Å²) in [7, 11) is 0. The van der Waals surface area contributed by atoms with Crippen LogP contribution in [0, 0.1) is 13.8 Å². The summed E-state index contributed by atoms with van der Waals surface area (Å²) in [6.07, 6.45) is 0. The minimum atomic E-state index is 0.424. The van der Waals surface area contributed by atoms with E-state index in [2.05, 4.69) is 26.0 Å². The molecule has 0 unspecified atom stereocenters. The Morgan fingerprint density at radius 1 is 1.33 bits per heavy atom. The predicted molar refractivity (Wildman–Crippen MR) is 89.1 cm³/mol. The van der Waals surface area contributed by atoms with Gasteiger partial charge in [0.05, 0.1) is 11.4 Å². The van der Waals surface area contributed by atoms with Crippen LogP contribution >= 0.6 is 27.5 Å². The third kappa shape index (κ3) is 2.13. The lowest BCUT2D eigenvalue weighted by atomic mass is 10.2. The molecule has 0 aliphatic carbocycles. The third-order valence-electron chi connectivity index (χ3n) is 3.51. The number of nitrogens with zero attached hydrogens (tertiary/aromatic N) is 4. The first-order valence-electron chi connectivity index (χ1n) is 6.61. The lowest BCUT2D eigenvalue weighted by molar-refractivity contribution is 0.663. The van der Waals surface area contributed by atoms with Gasteiger partial charge in [-0.1, -0.05) is 11.6 Å². The Kier molecular flexibility index (Phi) is 3.45. The molecule has 2 heterocycles. The van der Waals surface area contributed by atoms with Crippen LogP contribution in [0.5, 0.6) is 0 Å². The number of imidazole rings is 1. The Hall–Kier alpha value is -1.53. The first-order chi connectivity index (χ1) is 9.93. The fourth-order valence-corrected chi connectivity index (χ4v) is 3.24. The Labute approximate surface area is 135 Å². The molecule has 0 amide bonds. The van der Waals surface area contributed by atoms with E-state index < -0.39 is 0 Å². The molecule has 5 nitrogen and oxygen atoms in total. The van der Waals surface area contributed by atoms with Gasteiger partial charge >= 0.3 is 0 Å². The van der Waals surface area contributed by atoms with Gasteiger partial charge in [-0.3, -0.25) is 4.57 Å². The third-order valence-corrected chi connectivity index (χ3v) is 4.55. The highest BCUT2D eigenvalue weighted by Crippen LogP contribution is 2.33. The Morgan fingerprint density at radius 2 is 2.05 bits per heavy atom. The normalized spacial score (nSPS) is 11.5. The van der Waals surface area contributed by atoms with Crippen LogP contribution in [-0.2, 0) is 6.54 Å². The van der Waals surface area contributed by atoms with Crippen LogP contribution in [0.4, 0.5) is 5.95 Å². The molecule has 2 aromatic heterocycles. The van der Waals surface area contributed by atoms with Crippen molar-refractivity contribution in [3.05, 3.63) is 32.9 Å². The summed E-state index contributed by atoms with van der Waals surface area (Å²) in [6.45, 7) is 6.68. The van der Waals surface area contributed by atoms with Crippen LogP contribution in [0.1, 0.15) is 18.2 Å². The summed E-state index contributed by atoms with van der Waals surface area (Å²) in [6, 6.07) is 3.86. The molecule has 0 saturated heterocycles. The van der Waals surface area contributed by atoms with Crippen LogP contribution in [0.2, 0.25) is 5.02 Å². The molecule has 3 rings (SSSR count). The first-order valence-corrected chi connectivity index (χ1v) is 7.78. The van der Waals surface area contributed by atoms with E-state index in [1.165, 1.54) is 0 Å². The molecule has 21 heavy (non-hydrogen) atoms. The number of anilines is 1. The number of hydrogen-bond donors (Lipinski definition) is 1. The topological polar surface area (TPSA) is 61.7 Å². The number of aromatic nitrogens is 4. The van der Waals surface area contributed by atoms with E-state index in [1.807, 2.05) is 42.2 Å². The van der Waals surface area contributed by atoms with Crippen molar-refractivity contribution < 1.29 is 0 Å². The molecule has 0 atom stereocenters. The number of nitrogen functional groups attached to an aromatic ring is 1. The number of rotatable bonds is 2. The number of fused-ring (bicyclic) bond motifs is 1. The molecule has 0 radical (unpaired) electrons. The first kappa shape index (κ1) is 14.4. The van der Waals surface area contributed by atoms with Gasteiger partial charge < -0.3 is 5.73 Å². The maximum Gasteiger partial charge on any atom is 0.207 e. The monoisotopic (exact) mass is 367 g/mol. The largest absolute Gasteiger partial charge is 0.369 e. The predicted octanol–water partition coefficient (Wildman–Crippen LogP) is 3.86. The molecule has 0 fully saturated rings. The zero-order chi connectivity index (χ0) is 15.3. The smallest absolute Gasteiger partial charge is 0.207 e. The molecule has 0 aliphatic rings. The quantitative estimate of drug-likeness (QED) is 0.747. The van der Waals surface area contributed by atoms with Gasteiger partial charge in [0.1, 0.15) is 5.52 Å². The Bertz CT molecular complexity index is 849. The van der Waals surface area contributed by atoms with Gasteiger partial charge in [0.25, 0.3) is 0 Å². The van der Waals surface area contributed by atoms with Crippen molar-refractivity contribution in [1.82, 2.24) is 19.3 Å². The second-order valence-corrected chi connectivity index (χ2v) is 6.19. The van der Waals surface area contributed by atoms with Gasteiger partial charge in [-0.2, -0.15) is 5.10 Å². The summed E-state index contributed by atoms with van der Waals surface area (Å²) in [5, 5.41) is 5.18. The molecular weight excluding hydrogens is 354 g/mol. The van der Waals surface area contributed by atoms with Gasteiger partial charge in [0.2, 0.25) is 5.95 Å². The van der Waals surface area contributed by atoms with Crippen molar-refractivity contribution >= 4 is 44.6 Å². The maximum absolute atomic E-state index is 6.27. The summed E-state index contributed by atoms with van der Waals surface area (Å²) in [4.78, 5) is 4.44. The minimum absolute atomic E-state index is 0.424. The molecular formula is C14H15BrClN5. The number of aryl methyl sites for hydroxylation is 3. The van der Waals surface area contributed by atoms with Crippen molar-refractivity contribution in [2.24, 2.45) is 0 Å². The molecule has 0 bridgehead atoms. The zero-order valence-electron chi connectivity index (χ0n) is 12.0. The number of hydrogen-bond acceptors (Lipinski definition) is 3. The van der Waals surface area contributed by atoms with Crippen molar-refractivity contribution in [1.29, 1.82) is 0 Å². The van der Waals surface area contributed by atoms with E-state index in [0.717, 1.165) is 39.1 Å². The molecule has 1 aromatic carbocycles. The molecule has 2 N–H and O–H groups in total. The molecule has 7 heteroatoms. The van der Waals surface area contributed by atoms with Crippen LogP contribution in [0.25, 0.3) is 16.9 Å². The van der Waals surface area contributed by atoms with Crippen LogP contribution in [0.3, 0.4) is 0 Å². The summed E-state index contributed by atoms with van der Waals surface area (Å²) >= 11 is 9.85. The average Bonchev–Trinajstić information content (AvgIpc) is 2.91. The summed E-state index contributed by atoms with van der Waals surface area (Å²) < 4.78 is 4.69. The van der Waals surface area contributed by atoms with Gasteiger partial charge in [-0.15, -0.1) is 0 Å². The second-order valence-electron chi connectivity index (χ2n) is 4.93. The minimum Gasteiger partial charge on any atom is -0.369 e. The zero-order valence-corrected chi connectivity index (χ0v) is 14.3. The Morgan fingerprint density at radius 3 is 2.71 bits per heavy atom. The van der Waals surface area contributed by atoms with Crippen molar-refractivity contribution in [3.63, 3.8) is 0 Å². The van der Waals surface area contributed by atoms with E-state index in [1.54, 1.807) is 0 Å². The summed E-state index contributed by atoms with van der Waals surface area (Å²) in [5.41, 5.74) is 10.6. The van der Waals surface area contributed by atoms with Crippen LogP contribution < -0.4 is 5.73 Å². The van der Waals surface area contributed by atoms with E-state index in [9.17, 15) is 0 Å². The molecule has 0 saturated carbocycles. The fourth-order valence-electron chi connectivity index (χ4n) is 2.45. The lowest BCUT2D eigenvalue weighted by Crippen LogP contribution is -2.07. The SMILES string of the molecule is CCn1nc(C)c2nc(N)n(-c3cc(Cl)c(C)cc3Br)c21. The van der Waals surface area contributed by atoms with Gasteiger partial charge in [-0.05, 0) is 54.4 Å². The standard InChI is InChI=1S/C14H15BrClN5/c1-4-20-13-12(8(3)19-20)18-14(17)21(13)11-6-10(16)7(2)5-9(11)15/h5-6H,4H2,1-3H3,(H2,17,18). The number of nitrogens with two attached hydrogens (primary N) is 1. The highest BCUT2D eigenvalue weighted by molar-refractivity contribution is 9.10. The molecule has 3 aromatic rings. The van der Waals surface area contributed by atoms with E-state index in [-0.39, 0.29) is 0 Å². The van der Waals surface area contributed by atoms with E-state index in [4.69, 9.17) is 17.3 Å². The maximum atomic E-state index is 6.27. The second kappa shape index (κ2) is 5.03. The van der Waals surface area contributed by atoms with E-state index >= 15 is 0 Å². The van der Waals surface area contributed by atoms with Crippen molar-refractivity contribution in [2.45, 2.75) is 27.3 Å². The number of halogens is 2. The summed E-state index contributed by atoms with van der Waals surface area (Å²) in [5.74, 6) is 0.424. The van der Waals surface area contributed by atoms with Gasteiger partial charge in [0, 0.05) is 16.0 Å². The molecule has 110 valence electrons. The molecule has 0 aliphatic heterocycles. The van der Waals surface area contributed by atoms with Crippen molar-refractivity contribution in [2.75, 3.05) is 5.73 Å². The van der Waals surface area contributed by atoms with Crippen LogP contribution in [-0.4, -0.2) is 19.3 Å². The highest BCUT2D eigenvalue weighted by Gasteiger charge is 2.19. The van der Waals surface area contributed by atoms with E-state index in [0.29, 0.717) is 11.0 Å².